The van der Waals surface area contributed by atoms with Crippen LogP contribution in [0.5, 0.6) is 0 Å². The van der Waals surface area contributed by atoms with E-state index in [0.29, 0.717) is 6.61 Å². The zero-order chi connectivity index (χ0) is 17.4. The van der Waals surface area contributed by atoms with Gasteiger partial charge in [-0.05, 0) is 47.0 Å². The van der Waals surface area contributed by atoms with Gasteiger partial charge in [0.25, 0.3) is 0 Å². The molecule has 22 heavy (non-hydrogen) atoms. The molecule has 1 saturated heterocycles. The summed E-state index contributed by atoms with van der Waals surface area (Å²) in [6, 6.07) is 0.202. The molecule has 0 aromatic rings. The van der Waals surface area contributed by atoms with Gasteiger partial charge in [-0.15, -0.1) is 0 Å². The molecular formula is C17H36N2O3. The van der Waals surface area contributed by atoms with Gasteiger partial charge in [0, 0.05) is 26.3 Å². The highest BCUT2D eigenvalue weighted by molar-refractivity contribution is 5.75. The quantitative estimate of drug-likeness (QED) is 0.817. The second-order valence-corrected chi connectivity index (χ2v) is 6.90. The molecule has 0 aromatic carbocycles. The smallest absolute Gasteiger partial charge is 0.318 e. The van der Waals surface area contributed by atoms with Crippen LogP contribution < -0.4 is 5.32 Å². The van der Waals surface area contributed by atoms with Gasteiger partial charge in [-0.1, -0.05) is 13.8 Å². The lowest BCUT2D eigenvalue weighted by Gasteiger charge is -2.36. The zero-order valence-corrected chi connectivity index (χ0v) is 15.8. The Kier molecular flexibility index (Phi) is 9.01. The first-order valence-corrected chi connectivity index (χ1v) is 8.34. The van der Waals surface area contributed by atoms with Crippen molar-refractivity contribution in [2.45, 2.75) is 78.0 Å². The third-order valence-electron chi connectivity index (χ3n) is 3.86. The van der Waals surface area contributed by atoms with E-state index in [2.05, 4.69) is 5.32 Å². The fourth-order valence-corrected chi connectivity index (χ4v) is 3.01. The average Bonchev–Trinajstić information content (AvgIpc) is 2.88. The largest absolute Gasteiger partial charge is 0.383 e. The lowest BCUT2D eigenvalue weighted by molar-refractivity contribution is -0.00281. The Morgan fingerprint density at radius 2 is 1.82 bits per heavy atom. The van der Waals surface area contributed by atoms with Gasteiger partial charge in [0.1, 0.15) is 0 Å². The van der Waals surface area contributed by atoms with Crippen molar-refractivity contribution in [1.29, 1.82) is 0 Å². The van der Waals surface area contributed by atoms with Crippen molar-refractivity contribution in [2.75, 3.05) is 27.4 Å². The van der Waals surface area contributed by atoms with Gasteiger partial charge in [-0.2, -0.15) is 0 Å². The summed E-state index contributed by atoms with van der Waals surface area (Å²) in [7, 11) is 3.38. The molecule has 1 fully saturated rings. The molecule has 0 radical (unpaired) electrons. The number of methoxy groups -OCH3 is 2. The molecule has 1 N–H and O–H groups in total. The van der Waals surface area contributed by atoms with Gasteiger partial charge >= 0.3 is 6.03 Å². The van der Waals surface area contributed by atoms with Gasteiger partial charge in [-0.25, -0.2) is 4.79 Å². The minimum Gasteiger partial charge on any atom is -0.383 e. The van der Waals surface area contributed by atoms with Crippen molar-refractivity contribution in [3.8, 4) is 0 Å². The highest BCUT2D eigenvalue weighted by atomic mass is 16.5. The summed E-state index contributed by atoms with van der Waals surface area (Å²) < 4.78 is 10.6. The molecule has 2 amide bonds. The number of carbonyl (C=O) groups excluding carboxylic acids is 1. The second-order valence-electron chi connectivity index (χ2n) is 6.90. The maximum absolute atomic E-state index is 12.4. The van der Waals surface area contributed by atoms with E-state index in [9.17, 15) is 4.79 Å². The molecule has 1 aliphatic heterocycles. The first-order chi connectivity index (χ1) is 10.2. The fraction of sp³-hybridized carbons (Fsp3) is 0.941. The summed E-state index contributed by atoms with van der Waals surface area (Å²) >= 11 is 0. The Bertz CT molecular complexity index is 330. The number of likely N-dealkylation sites (tertiary alicyclic amines) is 1. The second kappa shape index (κ2) is 9.36. The number of nitrogens with zero attached hydrogens (tertiary/aromatic N) is 1. The Hall–Kier alpha value is -0.810. The standard InChI is InChI=1S/C15H30N2O3.C2H6/c1-14(2,11-15(3,4)20-6)16-13(18)17-9-7-8-12(17)10-19-5;1-2/h12H,7-11H2,1-6H3,(H,16,18);1-2H3. The molecular weight excluding hydrogens is 280 g/mol. The third-order valence-corrected chi connectivity index (χ3v) is 3.86. The van der Waals surface area contributed by atoms with E-state index in [1.54, 1.807) is 14.2 Å². The number of nitrogens with one attached hydrogen (secondary N) is 1. The molecule has 0 spiro atoms. The summed E-state index contributed by atoms with van der Waals surface area (Å²) in [4.78, 5) is 14.3. The fourth-order valence-electron chi connectivity index (χ4n) is 3.01. The normalized spacial score (nSPS) is 18.7. The predicted molar refractivity (Wildman–Crippen MR) is 91.3 cm³/mol. The molecule has 1 rings (SSSR count). The Morgan fingerprint density at radius 1 is 1.23 bits per heavy atom. The first kappa shape index (κ1) is 21.2. The topological polar surface area (TPSA) is 50.8 Å². The van der Waals surface area contributed by atoms with E-state index < -0.39 is 0 Å². The highest BCUT2D eigenvalue weighted by Crippen LogP contribution is 2.24. The lowest BCUT2D eigenvalue weighted by Crippen LogP contribution is -2.54. The van der Waals surface area contributed by atoms with Crippen molar-refractivity contribution < 1.29 is 14.3 Å². The molecule has 0 aliphatic carbocycles. The third kappa shape index (κ3) is 6.97. The molecule has 1 unspecified atom stereocenters. The zero-order valence-electron chi connectivity index (χ0n) is 15.8. The predicted octanol–water partition coefficient (Wildman–Crippen LogP) is 3.43. The summed E-state index contributed by atoms with van der Waals surface area (Å²) in [6.45, 7) is 13.6. The van der Waals surface area contributed by atoms with Gasteiger partial charge in [0.15, 0.2) is 0 Å². The van der Waals surface area contributed by atoms with Gasteiger partial charge in [-0.3, -0.25) is 0 Å². The van der Waals surface area contributed by atoms with Crippen LogP contribution in [0.15, 0.2) is 0 Å². The molecule has 1 atom stereocenters. The average molecular weight is 316 g/mol. The van der Waals surface area contributed by atoms with Crippen LogP contribution in [0.3, 0.4) is 0 Å². The summed E-state index contributed by atoms with van der Waals surface area (Å²) in [6.07, 6.45) is 2.82. The van der Waals surface area contributed by atoms with Crippen molar-refractivity contribution >= 4 is 6.03 Å². The highest BCUT2D eigenvalue weighted by Gasteiger charge is 2.34. The maximum atomic E-state index is 12.4. The number of urea groups is 1. The number of rotatable bonds is 6. The van der Waals surface area contributed by atoms with E-state index in [1.165, 1.54) is 0 Å². The van der Waals surface area contributed by atoms with Crippen molar-refractivity contribution in [3.63, 3.8) is 0 Å². The van der Waals surface area contributed by atoms with Crippen LogP contribution >= 0.6 is 0 Å². The Morgan fingerprint density at radius 3 is 2.32 bits per heavy atom. The molecule has 0 aromatic heterocycles. The summed E-state index contributed by atoms with van der Waals surface area (Å²) in [5.74, 6) is 0. The van der Waals surface area contributed by atoms with E-state index in [1.807, 2.05) is 46.4 Å². The molecule has 0 saturated carbocycles. The van der Waals surface area contributed by atoms with Gasteiger partial charge in [0.05, 0.1) is 18.2 Å². The van der Waals surface area contributed by atoms with E-state index in [4.69, 9.17) is 9.47 Å². The van der Waals surface area contributed by atoms with Crippen LogP contribution in [0.1, 0.15) is 60.8 Å². The van der Waals surface area contributed by atoms with Crippen LogP contribution in [-0.2, 0) is 9.47 Å². The van der Waals surface area contributed by atoms with Crippen LogP contribution in [0, 0.1) is 0 Å². The van der Waals surface area contributed by atoms with Crippen LogP contribution in [0.2, 0.25) is 0 Å². The molecule has 5 heteroatoms. The van der Waals surface area contributed by atoms with Crippen molar-refractivity contribution in [3.05, 3.63) is 0 Å². The molecule has 1 aliphatic rings. The van der Waals surface area contributed by atoms with E-state index in [0.717, 1.165) is 25.8 Å². The Labute approximate surface area is 136 Å². The minimum absolute atomic E-state index is 0.00135. The first-order valence-electron chi connectivity index (χ1n) is 8.34. The summed E-state index contributed by atoms with van der Waals surface area (Å²) in [5.41, 5.74) is -0.565. The number of ether oxygens (including phenoxy) is 2. The summed E-state index contributed by atoms with van der Waals surface area (Å²) in [5, 5.41) is 3.13. The van der Waals surface area contributed by atoms with E-state index in [-0.39, 0.29) is 23.2 Å². The maximum Gasteiger partial charge on any atom is 0.318 e. The lowest BCUT2D eigenvalue weighted by atomic mass is 9.89. The minimum atomic E-state index is -0.309. The number of hydrogen-bond donors (Lipinski definition) is 1. The number of carbonyl (C=O) groups is 1. The van der Waals surface area contributed by atoms with Crippen molar-refractivity contribution in [2.24, 2.45) is 0 Å². The van der Waals surface area contributed by atoms with E-state index >= 15 is 0 Å². The SMILES string of the molecule is CC.COCC1CCCN1C(=O)NC(C)(C)CC(C)(C)OC. The van der Waals surface area contributed by atoms with Gasteiger partial charge < -0.3 is 19.7 Å². The molecule has 1 heterocycles. The van der Waals surface area contributed by atoms with Crippen LogP contribution in [0.4, 0.5) is 4.79 Å². The number of amides is 2. The molecule has 5 nitrogen and oxygen atoms in total. The monoisotopic (exact) mass is 316 g/mol. The number of hydrogen-bond acceptors (Lipinski definition) is 3. The van der Waals surface area contributed by atoms with Crippen LogP contribution in [0.25, 0.3) is 0 Å². The molecule has 132 valence electrons. The van der Waals surface area contributed by atoms with Crippen molar-refractivity contribution in [1.82, 2.24) is 10.2 Å². The molecule has 0 bridgehead atoms. The van der Waals surface area contributed by atoms with Crippen LogP contribution in [-0.4, -0.2) is 55.5 Å². The Balaban J connectivity index is 0.00000211. The van der Waals surface area contributed by atoms with Gasteiger partial charge in [0.2, 0.25) is 0 Å².